The van der Waals surface area contributed by atoms with Gasteiger partial charge in [-0.2, -0.15) is 0 Å². The third kappa shape index (κ3) is 13.3. The first kappa shape index (κ1) is 45.8. The number of urea groups is 1. The van der Waals surface area contributed by atoms with Crippen molar-refractivity contribution in [3.8, 4) is 28.7 Å². The van der Waals surface area contributed by atoms with Crippen LogP contribution in [0.3, 0.4) is 0 Å². The molecule has 0 aliphatic heterocycles. The molecule has 0 aliphatic carbocycles. The Hall–Kier alpha value is -6.30. The molecule has 0 atom stereocenters. The number of sulfonamides is 1. The molecule has 0 aliphatic rings. The number of hydrogen-bond acceptors (Lipinski definition) is 13. The van der Waals surface area contributed by atoms with Crippen LogP contribution in [0.1, 0.15) is 40.2 Å². The SMILES string of the molecule is CCOC(=O)COCCOCCOc1cc(Nc2cc(Oc3ccc(NC(=O)Nc4cc(C(C)(C)C)cc(NS(=O)(=O)CC)c4OC)c4ccccc34)ccn2)cc(OC)c1. The van der Waals surface area contributed by atoms with Gasteiger partial charge >= 0.3 is 12.0 Å². The number of hydrogen-bond donors (Lipinski definition) is 4. The van der Waals surface area contributed by atoms with Gasteiger partial charge in [-0.15, -0.1) is 0 Å². The van der Waals surface area contributed by atoms with Crippen molar-refractivity contribution in [3.63, 3.8) is 0 Å². The van der Waals surface area contributed by atoms with Gasteiger partial charge in [0.05, 0.1) is 63.5 Å². The minimum atomic E-state index is -3.64. The molecule has 5 rings (SSSR count). The fourth-order valence-corrected chi connectivity index (χ4v) is 6.53. The predicted octanol–water partition coefficient (Wildman–Crippen LogP) is 8.47. The second-order valence-electron chi connectivity index (χ2n) is 14.4. The minimum absolute atomic E-state index is 0.119. The third-order valence-corrected chi connectivity index (χ3v) is 10.2. The standard InChI is InChI=1S/C44H53N5O11S/c1-8-58-41(50)28-57-19-18-56-20-21-59-33-25-30(24-32(26-33)54-6)46-40-27-31(16-17-45-40)60-39-15-14-36(34-12-10-11-13-35(34)39)47-43(51)48-37-22-29(44(3,4)5)23-38(42(37)55-7)49-61(52,53)9-2/h10-17,22-27,49H,8-9,18-21,28H2,1-7H3,(H,45,46)(H2,47,48,51). The van der Waals surface area contributed by atoms with Gasteiger partial charge in [-0.25, -0.2) is 23.0 Å². The maximum absolute atomic E-state index is 13.6. The summed E-state index contributed by atoms with van der Waals surface area (Å²) in [7, 11) is -0.668. The highest BCUT2D eigenvalue weighted by molar-refractivity contribution is 7.92. The molecule has 16 nitrogen and oxygen atoms in total. The van der Waals surface area contributed by atoms with Crippen LogP contribution in [0.5, 0.6) is 28.7 Å². The summed E-state index contributed by atoms with van der Waals surface area (Å²) in [6, 6.07) is 22.8. The Balaban J connectivity index is 1.26. The molecule has 1 aromatic heterocycles. The van der Waals surface area contributed by atoms with Gasteiger partial charge in [-0.3, -0.25) is 4.72 Å². The number of rotatable bonds is 21. The average Bonchev–Trinajstić information content (AvgIpc) is 3.22. The molecule has 1 heterocycles. The van der Waals surface area contributed by atoms with Crippen LogP contribution in [0.2, 0.25) is 0 Å². The Kier molecular flexibility index (Phi) is 16.0. The van der Waals surface area contributed by atoms with Crippen molar-refractivity contribution in [2.75, 3.05) is 80.3 Å². The van der Waals surface area contributed by atoms with Crippen molar-refractivity contribution >= 4 is 61.4 Å². The number of aromatic nitrogens is 1. The monoisotopic (exact) mass is 859 g/mol. The first-order chi connectivity index (χ1) is 29.2. The zero-order valence-corrected chi connectivity index (χ0v) is 36.2. The van der Waals surface area contributed by atoms with Crippen molar-refractivity contribution in [2.24, 2.45) is 0 Å². The number of esters is 1. The van der Waals surface area contributed by atoms with Crippen LogP contribution in [0, 0.1) is 0 Å². The first-order valence-corrected chi connectivity index (χ1v) is 21.2. The Morgan fingerprint density at radius 3 is 2.16 bits per heavy atom. The third-order valence-electron chi connectivity index (χ3n) is 8.93. The van der Waals surface area contributed by atoms with Gasteiger partial charge in [-0.05, 0) is 55.2 Å². The molecule has 4 aromatic carbocycles. The minimum Gasteiger partial charge on any atom is -0.497 e. The molecule has 17 heteroatoms. The van der Waals surface area contributed by atoms with E-state index in [1.165, 1.54) is 14.0 Å². The van der Waals surface area contributed by atoms with Gasteiger partial charge in [0.25, 0.3) is 0 Å². The van der Waals surface area contributed by atoms with Crippen LogP contribution in [0.15, 0.2) is 85.1 Å². The van der Waals surface area contributed by atoms with E-state index < -0.39 is 22.0 Å². The van der Waals surface area contributed by atoms with Crippen molar-refractivity contribution in [3.05, 3.63) is 90.6 Å². The number of fused-ring (bicyclic) bond motifs is 1. The lowest BCUT2D eigenvalue weighted by Crippen LogP contribution is -2.22. The summed E-state index contributed by atoms with van der Waals surface area (Å²) in [5.74, 6) is 2.28. The van der Waals surface area contributed by atoms with Crippen LogP contribution in [0.4, 0.5) is 33.4 Å². The van der Waals surface area contributed by atoms with Crippen molar-refractivity contribution < 1.29 is 51.2 Å². The van der Waals surface area contributed by atoms with E-state index in [0.29, 0.717) is 71.1 Å². The second-order valence-corrected chi connectivity index (χ2v) is 16.4. The van der Waals surface area contributed by atoms with Gasteiger partial charge in [0.2, 0.25) is 10.0 Å². The molecule has 0 radical (unpaired) electrons. The summed E-state index contributed by atoms with van der Waals surface area (Å²) in [4.78, 5) is 29.4. The highest BCUT2D eigenvalue weighted by Crippen LogP contribution is 2.40. The van der Waals surface area contributed by atoms with E-state index in [1.54, 1.807) is 74.8 Å². The predicted molar refractivity (Wildman–Crippen MR) is 236 cm³/mol. The summed E-state index contributed by atoms with van der Waals surface area (Å²) < 4.78 is 66.6. The highest BCUT2D eigenvalue weighted by Gasteiger charge is 2.23. The number of carbonyl (C=O) groups is 2. The normalized spacial score (nSPS) is 11.4. The molecule has 2 amide bonds. The lowest BCUT2D eigenvalue weighted by molar-refractivity contribution is -0.148. The van der Waals surface area contributed by atoms with E-state index in [9.17, 15) is 18.0 Å². The maximum Gasteiger partial charge on any atom is 0.332 e. The van der Waals surface area contributed by atoms with Gasteiger partial charge < -0.3 is 49.1 Å². The van der Waals surface area contributed by atoms with Crippen LogP contribution < -0.4 is 39.6 Å². The van der Waals surface area contributed by atoms with E-state index >= 15 is 0 Å². The number of carbonyl (C=O) groups excluding carboxylic acids is 2. The highest BCUT2D eigenvalue weighted by atomic mass is 32.2. The maximum atomic E-state index is 13.6. The van der Waals surface area contributed by atoms with Crippen molar-refractivity contribution in [2.45, 2.75) is 40.0 Å². The number of benzene rings is 4. The summed E-state index contributed by atoms with van der Waals surface area (Å²) in [5, 5.41) is 10.5. The van der Waals surface area contributed by atoms with Gasteiger partial charge in [0.15, 0.2) is 5.75 Å². The van der Waals surface area contributed by atoms with Crippen molar-refractivity contribution in [1.29, 1.82) is 0 Å². The number of nitrogens with one attached hydrogen (secondary N) is 4. The quantitative estimate of drug-likeness (QED) is 0.0406. The summed E-state index contributed by atoms with van der Waals surface area (Å²) >= 11 is 0. The molecule has 0 saturated heterocycles. The summed E-state index contributed by atoms with van der Waals surface area (Å²) in [6.45, 7) is 10.5. The zero-order chi connectivity index (χ0) is 44.0. The number of methoxy groups -OCH3 is 2. The molecular formula is C44H53N5O11S. The Morgan fingerprint density at radius 2 is 1.44 bits per heavy atom. The van der Waals surface area contributed by atoms with Crippen molar-refractivity contribution in [1.82, 2.24) is 4.98 Å². The Bertz CT molecular complexity index is 2400. The zero-order valence-electron chi connectivity index (χ0n) is 35.4. The molecule has 5 aromatic rings. The van der Waals surface area contributed by atoms with Crippen LogP contribution >= 0.6 is 0 Å². The summed E-state index contributed by atoms with van der Waals surface area (Å²) in [5.41, 5.74) is 2.10. The molecule has 326 valence electrons. The molecule has 61 heavy (non-hydrogen) atoms. The fraction of sp³-hybridized carbons (Fsp3) is 0.341. The smallest absolute Gasteiger partial charge is 0.332 e. The lowest BCUT2D eigenvalue weighted by atomic mass is 9.86. The molecule has 0 fully saturated rings. The van der Waals surface area contributed by atoms with E-state index in [0.717, 1.165) is 10.9 Å². The molecule has 0 bridgehead atoms. The molecule has 0 spiro atoms. The van der Waals surface area contributed by atoms with E-state index in [4.69, 9.17) is 33.2 Å². The van der Waals surface area contributed by atoms with E-state index in [2.05, 4.69) is 25.7 Å². The fourth-order valence-electron chi connectivity index (χ4n) is 5.89. The number of nitrogens with zero attached hydrogens (tertiary/aromatic N) is 1. The Labute approximate surface area is 356 Å². The molecular weight excluding hydrogens is 807 g/mol. The van der Waals surface area contributed by atoms with Gasteiger partial charge in [0.1, 0.15) is 42.0 Å². The second kappa shape index (κ2) is 21.3. The lowest BCUT2D eigenvalue weighted by Gasteiger charge is -2.24. The van der Waals surface area contributed by atoms with E-state index in [1.807, 2.05) is 45.0 Å². The first-order valence-electron chi connectivity index (χ1n) is 19.6. The van der Waals surface area contributed by atoms with E-state index in [-0.39, 0.29) is 42.4 Å². The van der Waals surface area contributed by atoms with Crippen LogP contribution in [-0.2, 0) is 34.4 Å². The van der Waals surface area contributed by atoms with Crippen LogP contribution in [-0.4, -0.2) is 85.0 Å². The Morgan fingerprint density at radius 1 is 0.738 bits per heavy atom. The number of ether oxygens (including phenoxy) is 7. The summed E-state index contributed by atoms with van der Waals surface area (Å²) in [6.07, 6.45) is 1.62. The van der Waals surface area contributed by atoms with Gasteiger partial charge in [-0.1, -0.05) is 45.0 Å². The van der Waals surface area contributed by atoms with Gasteiger partial charge in [0, 0.05) is 46.9 Å². The number of amides is 2. The molecule has 4 N–H and O–H groups in total. The molecule has 0 unspecified atom stereocenters. The topological polar surface area (TPSA) is 194 Å². The van der Waals surface area contributed by atoms with Crippen LogP contribution in [0.25, 0.3) is 10.8 Å². The average molecular weight is 860 g/mol. The number of pyridine rings is 1. The largest absolute Gasteiger partial charge is 0.497 e. The molecule has 0 saturated carbocycles. The number of anilines is 5.